The molecule has 1 spiro atoms. The maximum Gasteiger partial charge on any atom is 0.309 e. The first-order valence-corrected chi connectivity index (χ1v) is 26.3. The largest absolute Gasteiger partial charge is 0.461 e. The maximum absolute atomic E-state index is 15.6. The Morgan fingerprint density at radius 3 is 2.27 bits per heavy atom. The third-order valence-electron chi connectivity index (χ3n) is 22.3. The van der Waals surface area contributed by atoms with Gasteiger partial charge in [0.2, 0.25) is 5.91 Å². The van der Waals surface area contributed by atoms with E-state index in [1.807, 2.05) is 42.6 Å². The Kier molecular flexibility index (Phi) is 10.5. The van der Waals surface area contributed by atoms with E-state index < -0.39 is 16.9 Å². The van der Waals surface area contributed by atoms with Gasteiger partial charge >= 0.3 is 5.97 Å². The van der Waals surface area contributed by atoms with Gasteiger partial charge in [0.1, 0.15) is 18.5 Å². The zero-order chi connectivity index (χ0) is 47.1. The summed E-state index contributed by atoms with van der Waals surface area (Å²) < 4.78 is 12.9. The lowest BCUT2D eigenvalue weighted by atomic mass is 9.32. The number of nitrogens with one attached hydrogen (secondary N) is 1. The van der Waals surface area contributed by atoms with Crippen LogP contribution in [0.25, 0.3) is 11.3 Å². The van der Waals surface area contributed by atoms with Crippen LogP contribution in [0.2, 0.25) is 0 Å². The van der Waals surface area contributed by atoms with Crippen molar-refractivity contribution in [3.05, 3.63) is 90.4 Å². The third kappa shape index (κ3) is 6.24. The second kappa shape index (κ2) is 15.5. The summed E-state index contributed by atoms with van der Waals surface area (Å²) >= 11 is 0. The quantitative estimate of drug-likeness (QED) is 0.169. The van der Waals surface area contributed by atoms with Gasteiger partial charge < -0.3 is 19.4 Å². The van der Waals surface area contributed by atoms with Gasteiger partial charge in [-0.2, -0.15) is 0 Å². The van der Waals surface area contributed by atoms with Crippen molar-refractivity contribution in [1.29, 1.82) is 0 Å². The maximum atomic E-state index is 15.6. The van der Waals surface area contributed by atoms with Crippen LogP contribution in [0.1, 0.15) is 156 Å². The van der Waals surface area contributed by atoms with Crippen molar-refractivity contribution in [1.82, 2.24) is 14.9 Å². The highest BCUT2D eigenvalue weighted by Gasteiger charge is 2.83. The van der Waals surface area contributed by atoms with Gasteiger partial charge in [-0.15, -0.1) is 0 Å². The fraction of sp³-hybridized carbons (Fsp3) is 0.661. The van der Waals surface area contributed by atoms with E-state index in [9.17, 15) is 9.59 Å². The van der Waals surface area contributed by atoms with Gasteiger partial charge in [0.25, 0.3) is 0 Å². The van der Waals surface area contributed by atoms with E-state index in [1.54, 1.807) is 0 Å². The summed E-state index contributed by atoms with van der Waals surface area (Å²) in [5, 5.41) is 0. The Balaban J connectivity index is 0.805. The van der Waals surface area contributed by atoms with E-state index in [-0.39, 0.29) is 63.5 Å². The standard InChI is InChI=1S/C59H77N3O5/c1-36(2)39-24-29-58(52(65)62-32-16-21-43(62)50-60-34-42(61-50)38-19-14-11-15-20-38)31-30-56(8)40(47(39)58)22-23-45-55(7)27-26-46(53(3,4)44(55)25-28-57(45,56)9)67-49-48(63)59(49)33-41(54(59,5)6)51(64)66-35-37-17-12-10-13-18-37/h10-15,17-20,34,39-41,43-47,49H,1,16,21-33,35H2,2-9H3,(H,60,61)/t39-,40+,41-,43-,44-,45+,46-,47+,49+,55-,56+,57+,58-,59?/m0/s1. The number of H-pyrrole nitrogens is 1. The number of aromatic nitrogens is 2. The highest BCUT2D eigenvalue weighted by Crippen LogP contribution is 2.79. The molecule has 8 heteroatoms. The van der Waals surface area contributed by atoms with E-state index in [2.05, 4.69) is 96.1 Å². The van der Waals surface area contributed by atoms with Crippen molar-refractivity contribution in [3.8, 4) is 11.3 Å². The van der Waals surface area contributed by atoms with Crippen molar-refractivity contribution in [2.75, 3.05) is 6.54 Å². The fourth-order valence-electron chi connectivity index (χ4n) is 18.3. The van der Waals surface area contributed by atoms with Crippen LogP contribution < -0.4 is 0 Å². The number of allylic oxidation sites excluding steroid dienone is 1. The lowest BCUT2D eigenvalue weighted by molar-refractivity contribution is -0.254. The van der Waals surface area contributed by atoms with Crippen LogP contribution in [-0.2, 0) is 30.5 Å². The molecule has 2 aromatic carbocycles. The molecular weight excluding hydrogens is 831 g/mol. The average molecular weight is 908 g/mol. The zero-order valence-corrected chi connectivity index (χ0v) is 41.8. The number of amides is 1. The lowest BCUT2D eigenvalue weighted by Crippen LogP contribution is -2.67. The number of hydrogen-bond acceptors (Lipinski definition) is 6. The molecule has 8 nitrogen and oxygen atoms in total. The van der Waals surface area contributed by atoms with Crippen molar-refractivity contribution in [2.45, 2.75) is 164 Å². The van der Waals surface area contributed by atoms with E-state index in [0.717, 1.165) is 87.0 Å². The second-order valence-electron chi connectivity index (χ2n) is 25.3. The number of carbonyl (C=O) groups is 3. The molecule has 0 radical (unpaired) electrons. The number of likely N-dealkylation sites (tertiary alicyclic amines) is 1. The number of fused-ring (bicyclic) bond motifs is 7. The molecule has 1 aliphatic heterocycles. The van der Waals surface area contributed by atoms with Crippen molar-refractivity contribution in [2.24, 2.45) is 73.4 Å². The minimum Gasteiger partial charge on any atom is -0.461 e. The number of esters is 1. The average Bonchev–Trinajstić information content (AvgIpc) is 3.84. The van der Waals surface area contributed by atoms with Crippen molar-refractivity contribution < 1.29 is 23.9 Å². The highest BCUT2D eigenvalue weighted by atomic mass is 16.5. The number of rotatable bonds is 9. The van der Waals surface area contributed by atoms with Crippen LogP contribution in [-0.4, -0.2) is 51.3 Å². The first-order chi connectivity index (χ1) is 31.8. The van der Waals surface area contributed by atoms with Crippen LogP contribution in [0.3, 0.4) is 0 Å². The van der Waals surface area contributed by atoms with Gasteiger partial charge in [0.05, 0.1) is 40.8 Å². The van der Waals surface area contributed by atoms with Crippen LogP contribution in [0.4, 0.5) is 0 Å². The normalized spacial score (nSPS) is 42.2. The summed E-state index contributed by atoms with van der Waals surface area (Å²) in [5.74, 6) is 3.19. The molecule has 2 heterocycles. The van der Waals surface area contributed by atoms with Gasteiger partial charge in [0, 0.05) is 6.54 Å². The number of ketones is 1. The summed E-state index contributed by atoms with van der Waals surface area (Å²) in [5.41, 5.74) is 3.21. The van der Waals surface area contributed by atoms with Gasteiger partial charge in [-0.1, -0.05) is 121 Å². The van der Waals surface area contributed by atoms with Crippen LogP contribution in [0.15, 0.2) is 79.0 Å². The fourth-order valence-corrected chi connectivity index (χ4v) is 18.3. The Morgan fingerprint density at radius 2 is 1.55 bits per heavy atom. The summed E-state index contributed by atoms with van der Waals surface area (Å²) in [6.45, 7) is 25.0. The van der Waals surface area contributed by atoms with Crippen molar-refractivity contribution >= 4 is 17.7 Å². The topological polar surface area (TPSA) is 102 Å². The molecule has 358 valence electrons. The number of hydrogen-bond donors (Lipinski definition) is 1. The van der Waals surface area contributed by atoms with E-state index in [0.29, 0.717) is 41.9 Å². The molecule has 8 fully saturated rings. The van der Waals surface area contributed by atoms with E-state index >= 15 is 4.79 Å². The molecule has 7 aliphatic carbocycles. The summed E-state index contributed by atoms with van der Waals surface area (Å²) in [6, 6.07) is 20.2. The van der Waals surface area contributed by atoms with E-state index in [4.69, 9.17) is 14.5 Å². The minimum atomic E-state index is -0.599. The monoisotopic (exact) mass is 908 g/mol. The Bertz CT molecular complexity index is 2460. The molecule has 1 saturated heterocycles. The molecule has 67 heavy (non-hydrogen) atoms. The summed E-state index contributed by atoms with van der Waals surface area (Å²) in [7, 11) is 0. The van der Waals surface area contributed by atoms with E-state index in [1.165, 1.54) is 24.8 Å². The Labute approximate surface area is 400 Å². The molecular formula is C59H77N3O5. The number of imidazole rings is 1. The minimum absolute atomic E-state index is 0.00768. The van der Waals surface area contributed by atoms with Gasteiger partial charge in [-0.05, 0) is 158 Å². The molecule has 0 bridgehead atoms. The number of Topliss-reactive ketones (excluding diaryl/α,β-unsaturated/α-hetero) is 1. The summed E-state index contributed by atoms with van der Waals surface area (Å²) in [4.78, 5) is 53.8. The molecule has 11 rings (SSSR count). The SMILES string of the molecule is C=C(C)[C@@H]1CC[C@]2(C(=O)N3CCC[C@H]3c3ncc(-c4ccccc4)[nH]3)CC[C@]3(C)[C@H](CC[C@@H]4[C@@]5(C)CC[C@H](O[C@@H]6C(=O)C67C[C@@H](C(=O)OCc6ccccc6)C7(C)C)C(C)(C)[C@@H]5CC[C@]43C)[C@@H]12. The second-order valence-corrected chi connectivity index (χ2v) is 25.3. The van der Waals surface area contributed by atoms with Gasteiger partial charge in [-0.25, -0.2) is 4.98 Å². The van der Waals surface area contributed by atoms with Gasteiger partial charge in [0.15, 0.2) is 5.78 Å². The highest BCUT2D eigenvalue weighted by molar-refractivity contribution is 6.10. The zero-order valence-electron chi connectivity index (χ0n) is 41.8. The molecule has 1 aromatic heterocycles. The van der Waals surface area contributed by atoms with Crippen LogP contribution >= 0.6 is 0 Å². The molecule has 1 amide bonds. The smallest absolute Gasteiger partial charge is 0.309 e. The van der Waals surface area contributed by atoms with Crippen molar-refractivity contribution in [3.63, 3.8) is 0 Å². The molecule has 3 aromatic rings. The molecule has 7 saturated carbocycles. The number of carbonyl (C=O) groups excluding carboxylic acids is 3. The first-order valence-electron chi connectivity index (χ1n) is 26.3. The number of nitrogens with zero attached hydrogens (tertiary/aromatic N) is 2. The predicted molar refractivity (Wildman–Crippen MR) is 261 cm³/mol. The Morgan fingerprint density at radius 1 is 0.821 bits per heavy atom. The lowest BCUT2D eigenvalue weighted by Gasteiger charge is -2.73. The number of aromatic amines is 1. The van der Waals surface area contributed by atoms with Gasteiger partial charge in [-0.3, -0.25) is 14.4 Å². The Hall–Kier alpha value is -4.04. The molecule has 1 N–H and O–H groups in total. The molecule has 1 unspecified atom stereocenters. The third-order valence-corrected chi connectivity index (χ3v) is 22.3. The first kappa shape index (κ1) is 45.4. The predicted octanol–water partition coefficient (Wildman–Crippen LogP) is 12.5. The molecule has 8 aliphatic rings. The number of benzene rings is 2. The van der Waals surface area contributed by atoms with Crippen LogP contribution in [0.5, 0.6) is 0 Å². The van der Waals surface area contributed by atoms with Crippen LogP contribution in [0, 0.1) is 73.4 Å². The molecule has 14 atom stereocenters. The number of ether oxygens (including phenoxy) is 2. The summed E-state index contributed by atoms with van der Waals surface area (Å²) in [6.07, 6.45) is 14.8.